The molecule has 0 saturated carbocycles. The molecule has 1 aromatic heterocycles. The average Bonchev–Trinajstić information content (AvgIpc) is 2.66. The highest BCUT2D eigenvalue weighted by molar-refractivity contribution is 7.98. The zero-order chi connectivity index (χ0) is 23.4. The van der Waals surface area contributed by atoms with E-state index in [-0.39, 0.29) is 23.1 Å². The fourth-order valence-corrected chi connectivity index (χ4v) is 3.34. The van der Waals surface area contributed by atoms with Crippen LogP contribution in [-0.4, -0.2) is 43.6 Å². The lowest BCUT2D eigenvalue weighted by atomic mass is 10.2. The van der Waals surface area contributed by atoms with Gasteiger partial charge in [0.2, 0.25) is 5.95 Å². The predicted octanol–water partition coefficient (Wildman–Crippen LogP) is 3.69. The molecule has 7 nitrogen and oxygen atoms in total. The second-order valence-electron chi connectivity index (χ2n) is 6.82. The molecule has 1 heterocycles. The van der Waals surface area contributed by atoms with Gasteiger partial charge in [0.15, 0.2) is 5.82 Å². The van der Waals surface area contributed by atoms with Crippen LogP contribution < -0.4 is 15.2 Å². The van der Waals surface area contributed by atoms with Crippen LogP contribution in [-0.2, 0) is 9.71 Å². The Morgan fingerprint density at radius 2 is 1.97 bits per heavy atom. The molecule has 3 aromatic rings. The molecular formula is C20H19F4N5O2S. The van der Waals surface area contributed by atoms with E-state index >= 15 is 0 Å². The van der Waals surface area contributed by atoms with Crippen LogP contribution in [0.5, 0.6) is 5.75 Å². The van der Waals surface area contributed by atoms with E-state index in [0.29, 0.717) is 11.3 Å². The summed E-state index contributed by atoms with van der Waals surface area (Å²) in [4.78, 5) is 12.3. The molecule has 0 aliphatic carbocycles. The van der Waals surface area contributed by atoms with Crippen LogP contribution in [0, 0.1) is 5.82 Å². The molecule has 0 spiro atoms. The fraction of sp³-hybridized carbons (Fsp3) is 0.200. The average molecular weight is 469 g/mol. The molecule has 1 atom stereocenters. The Labute approximate surface area is 181 Å². The molecule has 0 aliphatic rings. The molecule has 1 unspecified atom stereocenters. The first-order valence-corrected chi connectivity index (χ1v) is 11.3. The summed E-state index contributed by atoms with van der Waals surface area (Å²) in [5, 5.41) is 9.94. The molecule has 12 heteroatoms. The van der Waals surface area contributed by atoms with Crippen LogP contribution in [0.15, 0.2) is 48.8 Å². The molecule has 0 amide bonds. The standard InChI is InChI=1S/C20H19F4N5O2S/c1-32(25,30)11-13-3-2-4-15(9-13)28-19-27-12-26-18(29-19)16-6-5-14(21)10-17(16)31-8-7-20(22,23)24/h2-6,9-12H,7-8H2,1H3,(H2,25,30)(H,26,27,28,29). The molecule has 0 radical (unpaired) electrons. The highest BCUT2D eigenvalue weighted by Gasteiger charge is 2.27. The lowest BCUT2D eigenvalue weighted by molar-refractivity contribution is -0.139. The minimum absolute atomic E-state index is 0.0748. The number of hydrogen-bond donors (Lipinski definition) is 2. The van der Waals surface area contributed by atoms with Gasteiger partial charge in [-0.15, -0.1) is 0 Å². The van der Waals surface area contributed by atoms with Gasteiger partial charge in [0.25, 0.3) is 0 Å². The minimum Gasteiger partial charge on any atom is -0.492 e. The van der Waals surface area contributed by atoms with Crippen LogP contribution in [0.2, 0.25) is 0 Å². The van der Waals surface area contributed by atoms with E-state index < -0.39 is 34.7 Å². The third-order valence-electron chi connectivity index (χ3n) is 3.91. The summed E-state index contributed by atoms with van der Waals surface area (Å²) in [6.45, 7) is -0.679. The van der Waals surface area contributed by atoms with E-state index in [9.17, 15) is 21.8 Å². The monoisotopic (exact) mass is 469 g/mol. The molecular weight excluding hydrogens is 450 g/mol. The predicted molar refractivity (Wildman–Crippen MR) is 115 cm³/mol. The zero-order valence-electron chi connectivity index (χ0n) is 16.8. The number of halogens is 4. The Balaban J connectivity index is 1.85. The second-order valence-corrected chi connectivity index (χ2v) is 8.99. The van der Waals surface area contributed by atoms with E-state index in [1.165, 1.54) is 24.0 Å². The van der Waals surface area contributed by atoms with E-state index in [1.54, 1.807) is 24.3 Å². The molecule has 0 saturated heterocycles. The van der Waals surface area contributed by atoms with Crippen molar-refractivity contribution in [2.24, 2.45) is 5.14 Å². The van der Waals surface area contributed by atoms with E-state index in [1.807, 2.05) is 0 Å². The summed E-state index contributed by atoms with van der Waals surface area (Å²) in [6.07, 6.45) is -2.99. The van der Waals surface area contributed by atoms with Crippen LogP contribution in [0.3, 0.4) is 0 Å². The normalized spacial score (nSPS) is 13.3. The Bertz CT molecular complexity index is 1220. The smallest absolute Gasteiger partial charge is 0.392 e. The molecule has 170 valence electrons. The summed E-state index contributed by atoms with van der Waals surface area (Å²) in [5.74, 6) is -0.597. The van der Waals surface area contributed by atoms with Crippen molar-refractivity contribution < 1.29 is 26.5 Å². The lowest BCUT2D eigenvalue weighted by Crippen LogP contribution is -2.13. The van der Waals surface area contributed by atoms with Gasteiger partial charge >= 0.3 is 6.18 Å². The number of nitrogens with two attached hydrogens (primary N) is 1. The number of ether oxygens (including phenoxy) is 1. The van der Waals surface area contributed by atoms with Gasteiger partial charge in [-0.3, -0.25) is 9.35 Å². The molecule has 32 heavy (non-hydrogen) atoms. The summed E-state index contributed by atoms with van der Waals surface area (Å²) in [6, 6.07) is 10.2. The first-order chi connectivity index (χ1) is 15.0. The number of nitrogens with zero attached hydrogens (tertiary/aromatic N) is 3. The van der Waals surface area contributed by atoms with Gasteiger partial charge in [-0.05, 0) is 29.8 Å². The number of anilines is 2. The number of nitrogens with one attached hydrogen (secondary N) is 1. The molecule has 0 bridgehead atoms. The van der Waals surface area contributed by atoms with Crippen LogP contribution in [0.1, 0.15) is 12.0 Å². The Kier molecular flexibility index (Phi) is 6.94. The van der Waals surface area contributed by atoms with Crippen molar-refractivity contribution in [2.75, 3.05) is 18.2 Å². The summed E-state index contributed by atoms with van der Waals surface area (Å²) in [7, 11) is -2.59. The zero-order valence-corrected chi connectivity index (χ0v) is 17.6. The van der Waals surface area contributed by atoms with Crippen molar-refractivity contribution in [2.45, 2.75) is 12.6 Å². The SMILES string of the molecule is CS(N)(=O)=Cc1cccc(Nc2ncnc(-c3ccc(F)cc3OCCC(F)(F)F)n2)c1. The Morgan fingerprint density at radius 3 is 2.69 bits per heavy atom. The van der Waals surface area contributed by atoms with Gasteiger partial charge in [0.05, 0.1) is 18.6 Å². The quantitative estimate of drug-likeness (QED) is 0.404. The fourth-order valence-electron chi connectivity index (χ4n) is 2.65. The third-order valence-corrected chi connectivity index (χ3v) is 4.65. The highest BCUT2D eigenvalue weighted by Crippen LogP contribution is 2.30. The van der Waals surface area contributed by atoms with Crippen molar-refractivity contribution in [1.29, 1.82) is 0 Å². The Hall–Kier alpha value is -3.25. The number of aromatic nitrogens is 3. The number of alkyl halides is 3. The van der Waals surface area contributed by atoms with Gasteiger partial charge in [0.1, 0.15) is 17.9 Å². The second kappa shape index (κ2) is 9.49. The number of hydrogen-bond acceptors (Lipinski definition) is 6. The number of benzene rings is 2. The molecule has 2 aromatic carbocycles. The van der Waals surface area contributed by atoms with Crippen molar-refractivity contribution in [1.82, 2.24) is 15.0 Å². The first-order valence-electron chi connectivity index (χ1n) is 9.16. The molecule has 3 N–H and O–H groups in total. The molecule has 0 aliphatic heterocycles. The van der Waals surface area contributed by atoms with Crippen LogP contribution >= 0.6 is 0 Å². The molecule has 3 rings (SSSR count). The minimum atomic E-state index is -4.40. The van der Waals surface area contributed by atoms with Crippen LogP contribution in [0.4, 0.5) is 29.2 Å². The van der Waals surface area contributed by atoms with Gasteiger partial charge < -0.3 is 10.1 Å². The third kappa shape index (κ3) is 7.17. The summed E-state index contributed by atoms with van der Waals surface area (Å²) < 4.78 is 67.8. The maximum atomic E-state index is 13.6. The van der Waals surface area contributed by atoms with Crippen molar-refractivity contribution in [3.05, 3.63) is 60.2 Å². The first kappa shape index (κ1) is 23.4. The van der Waals surface area contributed by atoms with E-state index in [4.69, 9.17) is 9.88 Å². The van der Waals surface area contributed by atoms with E-state index in [2.05, 4.69) is 20.3 Å². The maximum Gasteiger partial charge on any atom is 0.392 e. The van der Waals surface area contributed by atoms with Gasteiger partial charge in [-0.25, -0.2) is 14.4 Å². The van der Waals surface area contributed by atoms with Crippen molar-refractivity contribution in [3.8, 4) is 17.1 Å². The summed E-state index contributed by atoms with van der Waals surface area (Å²) in [5.41, 5.74) is 1.40. The maximum absolute atomic E-state index is 13.6. The summed E-state index contributed by atoms with van der Waals surface area (Å²) >= 11 is 0. The largest absolute Gasteiger partial charge is 0.492 e. The van der Waals surface area contributed by atoms with Crippen LogP contribution in [0.25, 0.3) is 11.4 Å². The van der Waals surface area contributed by atoms with Crippen molar-refractivity contribution in [3.63, 3.8) is 0 Å². The highest BCUT2D eigenvalue weighted by atomic mass is 32.2. The van der Waals surface area contributed by atoms with E-state index in [0.717, 1.165) is 12.1 Å². The van der Waals surface area contributed by atoms with Gasteiger partial charge in [-0.1, -0.05) is 12.1 Å². The van der Waals surface area contributed by atoms with Gasteiger partial charge in [0, 0.05) is 33.1 Å². The topological polar surface area (TPSA) is 103 Å². The number of rotatable bonds is 7. The Morgan fingerprint density at radius 1 is 1.19 bits per heavy atom. The van der Waals surface area contributed by atoms with Crippen molar-refractivity contribution >= 4 is 26.7 Å². The molecule has 0 fully saturated rings. The van der Waals surface area contributed by atoms with Gasteiger partial charge in [-0.2, -0.15) is 18.2 Å². The lowest BCUT2D eigenvalue weighted by Gasteiger charge is -2.13.